The average molecular weight is 462 g/mol. The molecule has 0 aromatic heterocycles. The number of ether oxygens (including phenoxy) is 2. The Bertz CT molecular complexity index is 1000. The molecule has 0 bridgehead atoms. The lowest BCUT2D eigenvalue weighted by Gasteiger charge is -2.34. The molecule has 0 unspecified atom stereocenters. The summed E-state index contributed by atoms with van der Waals surface area (Å²) in [6, 6.07) is 13.8. The van der Waals surface area contributed by atoms with Gasteiger partial charge in [0.1, 0.15) is 11.5 Å². The van der Waals surface area contributed by atoms with Gasteiger partial charge in [-0.1, -0.05) is 18.2 Å². The second-order valence-corrected chi connectivity index (χ2v) is 9.67. The van der Waals surface area contributed by atoms with Crippen LogP contribution in [0.1, 0.15) is 26.3 Å². The van der Waals surface area contributed by atoms with Crippen LogP contribution < -0.4 is 14.8 Å². The molecule has 1 saturated heterocycles. The Morgan fingerprint density at radius 2 is 1.69 bits per heavy atom. The topological polar surface area (TPSA) is 88.2 Å². The van der Waals surface area contributed by atoms with Gasteiger partial charge in [-0.15, -0.1) is 0 Å². The van der Waals surface area contributed by atoms with E-state index in [9.17, 15) is 13.2 Å². The SMILES string of the molecule is CCOc1ccc(S(=O)(=O)N2CCN(C(=O)NCc3ccccc3OC(C)C)CC2)cc1. The third-order valence-corrected chi connectivity index (χ3v) is 6.98. The minimum absolute atomic E-state index is 0.0391. The second-order valence-electron chi connectivity index (χ2n) is 7.73. The third-order valence-electron chi connectivity index (χ3n) is 5.06. The van der Waals surface area contributed by atoms with Crippen molar-refractivity contribution in [2.24, 2.45) is 0 Å². The highest BCUT2D eigenvalue weighted by molar-refractivity contribution is 7.89. The van der Waals surface area contributed by atoms with E-state index in [0.29, 0.717) is 32.0 Å². The molecule has 32 heavy (non-hydrogen) atoms. The summed E-state index contributed by atoms with van der Waals surface area (Å²) < 4.78 is 38.4. The van der Waals surface area contributed by atoms with Crippen LogP contribution in [-0.2, 0) is 16.6 Å². The molecule has 1 fully saturated rings. The zero-order valence-corrected chi connectivity index (χ0v) is 19.6. The molecule has 1 aliphatic heterocycles. The van der Waals surface area contributed by atoms with E-state index in [0.717, 1.165) is 11.3 Å². The summed E-state index contributed by atoms with van der Waals surface area (Å²) in [5.74, 6) is 1.38. The Morgan fingerprint density at radius 1 is 1.03 bits per heavy atom. The lowest BCUT2D eigenvalue weighted by Crippen LogP contribution is -2.52. The summed E-state index contributed by atoms with van der Waals surface area (Å²) >= 11 is 0. The number of nitrogens with one attached hydrogen (secondary N) is 1. The number of piperazine rings is 1. The van der Waals surface area contributed by atoms with Crippen LogP contribution in [0.4, 0.5) is 4.79 Å². The maximum absolute atomic E-state index is 12.9. The van der Waals surface area contributed by atoms with Crippen LogP contribution in [0.15, 0.2) is 53.4 Å². The first-order valence-corrected chi connectivity index (χ1v) is 12.3. The van der Waals surface area contributed by atoms with E-state index in [2.05, 4.69) is 5.32 Å². The first-order chi connectivity index (χ1) is 15.3. The van der Waals surface area contributed by atoms with Crippen molar-refractivity contribution in [2.45, 2.75) is 38.3 Å². The molecule has 8 nitrogen and oxygen atoms in total. The highest BCUT2D eigenvalue weighted by atomic mass is 32.2. The summed E-state index contributed by atoms with van der Waals surface area (Å²) in [4.78, 5) is 14.5. The minimum atomic E-state index is -3.61. The van der Waals surface area contributed by atoms with Crippen LogP contribution >= 0.6 is 0 Å². The number of carbonyl (C=O) groups is 1. The van der Waals surface area contributed by atoms with Gasteiger partial charge in [0.25, 0.3) is 0 Å². The number of urea groups is 1. The first kappa shape index (κ1) is 23.9. The van der Waals surface area contributed by atoms with Gasteiger partial charge in [0.2, 0.25) is 10.0 Å². The van der Waals surface area contributed by atoms with Gasteiger partial charge in [-0.2, -0.15) is 4.31 Å². The van der Waals surface area contributed by atoms with Gasteiger partial charge in [-0.3, -0.25) is 0 Å². The molecule has 0 aliphatic carbocycles. The van der Waals surface area contributed by atoms with Crippen molar-refractivity contribution >= 4 is 16.1 Å². The van der Waals surface area contributed by atoms with Gasteiger partial charge < -0.3 is 19.7 Å². The molecular formula is C23H31N3O5S. The lowest BCUT2D eigenvalue weighted by molar-refractivity contribution is 0.171. The average Bonchev–Trinajstić information content (AvgIpc) is 2.78. The zero-order valence-electron chi connectivity index (χ0n) is 18.8. The van der Waals surface area contributed by atoms with E-state index in [1.54, 1.807) is 29.2 Å². The number of rotatable bonds is 8. The molecular weight excluding hydrogens is 430 g/mol. The number of carbonyl (C=O) groups excluding carboxylic acids is 1. The summed E-state index contributed by atoms with van der Waals surface area (Å²) in [6.45, 7) is 7.79. The molecule has 0 radical (unpaired) electrons. The van der Waals surface area contributed by atoms with Crippen LogP contribution in [0, 0.1) is 0 Å². The van der Waals surface area contributed by atoms with Crippen LogP contribution in [0.25, 0.3) is 0 Å². The van der Waals surface area contributed by atoms with E-state index < -0.39 is 10.0 Å². The lowest BCUT2D eigenvalue weighted by atomic mass is 10.2. The van der Waals surface area contributed by atoms with Crippen molar-refractivity contribution in [3.63, 3.8) is 0 Å². The number of hydrogen-bond donors (Lipinski definition) is 1. The third kappa shape index (κ3) is 5.92. The molecule has 2 amide bonds. The number of amides is 2. The fraction of sp³-hybridized carbons (Fsp3) is 0.435. The monoisotopic (exact) mass is 461 g/mol. The molecule has 1 heterocycles. The predicted octanol–water partition coefficient (Wildman–Crippen LogP) is 3.09. The minimum Gasteiger partial charge on any atom is -0.494 e. The van der Waals surface area contributed by atoms with Gasteiger partial charge in [0, 0.05) is 38.3 Å². The molecule has 0 atom stereocenters. The Kier molecular flexibility index (Phi) is 7.98. The van der Waals surface area contributed by atoms with Crippen molar-refractivity contribution in [1.29, 1.82) is 0 Å². The zero-order chi connectivity index (χ0) is 23.1. The molecule has 3 rings (SSSR count). The van der Waals surface area contributed by atoms with Gasteiger partial charge in [-0.25, -0.2) is 13.2 Å². The number of nitrogens with zero attached hydrogens (tertiary/aromatic N) is 2. The molecule has 2 aromatic carbocycles. The van der Waals surface area contributed by atoms with Crippen LogP contribution in [0.3, 0.4) is 0 Å². The van der Waals surface area contributed by atoms with Gasteiger partial charge in [0.05, 0.1) is 17.6 Å². The predicted molar refractivity (Wildman–Crippen MR) is 122 cm³/mol. The summed E-state index contributed by atoms with van der Waals surface area (Å²) in [5, 5.41) is 2.91. The largest absolute Gasteiger partial charge is 0.494 e. The standard InChI is InChI=1S/C23H31N3O5S/c1-4-30-20-9-11-21(12-10-20)32(28,29)26-15-13-25(14-16-26)23(27)24-17-19-7-5-6-8-22(19)31-18(2)3/h5-12,18H,4,13-17H2,1-3H3,(H,24,27). The van der Waals surface area contributed by atoms with E-state index in [1.807, 2.05) is 45.0 Å². The van der Waals surface area contributed by atoms with Crippen LogP contribution in [-0.4, -0.2) is 62.5 Å². The highest BCUT2D eigenvalue weighted by Crippen LogP contribution is 2.22. The molecule has 174 valence electrons. The fourth-order valence-electron chi connectivity index (χ4n) is 3.46. The fourth-order valence-corrected chi connectivity index (χ4v) is 4.88. The molecule has 1 aliphatic rings. The second kappa shape index (κ2) is 10.7. The van der Waals surface area contributed by atoms with E-state index in [-0.39, 0.29) is 30.1 Å². The van der Waals surface area contributed by atoms with Crippen molar-refractivity contribution < 1.29 is 22.7 Å². The van der Waals surface area contributed by atoms with E-state index in [1.165, 1.54) is 4.31 Å². The molecule has 0 spiro atoms. The Labute approximate surface area is 190 Å². The highest BCUT2D eigenvalue weighted by Gasteiger charge is 2.30. The van der Waals surface area contributed by atoms with E-state index >= 15 is 0 Å². The molecule has 9 heteroatoms. The van der Waals surface area contributed by atoms with Gasteiger partial charge >= 0.3 is 6.03 Å². The Morgan fingerprint density at radius 3 is 2.31 bits per heavy atom. The molecule has 2 aromatic rings. The maximum Gasteiger partial charge on any atom is 0.317 e. The van der Waals surface area contributed by atoms with Gasteiger partial charge in [0.15, 0.2) is 0 Å². The number of hydrogen-bond acceptors (Lipinski definition) is 5. The summed E-state index contributed by atoms with van der Waals surface area (Å²) in [5.41, 5.74) is 0.895. The summed E-state index contributed by atoms with van der Waals surface area (Å²) in [6.07, 6.45) is 0.0391. The van der Waals surface area contributed by atoms with Crippen molar-refractivity contribution in [1.82, 2.24) is 14.5 Å². The van der Waals surface area contributed by atoms with Gasteiger partial charge in [-0.05, 0) is 51.1 Å². The Balaban J connectivity index is 1.54. The Hall–Kier alpha value is -2.78. The number of benzene rings is 2. The molecule has 1 N–H and O–H groups in total. The van der Waals surface area contributed by atoms with Crippen LogP contribution in [0.2, 0.25) is 0 Å². The normalized spacial score (nSPS) is 14.9. The maximum atomic E-state index is 12.9. The molecule has 0 saturated carbocycles. The van der Waals surface area contributed by atoms with Crippen molar-refractivity contribution in [2.75, 3.05) is 32.8 Å². The van der Waals surface area contributed by atoms with Crippen molar-refractivity contribution in [3.05, 3.63) is 54.1 Å². The number of para-hydroxylation sites is 1. The smallest absolute Gasteiger partial charge is 0.317 e. The van der Waals surface area contributed by atoms with E-state index in [4.69, 9.17) is 9.47 Å². The summed E-state index contributed by atoms with van der Waals surface area (Å²) in [7, 11) is -3.61. The number of sulfonamides is 1. The first-order valence-electron chi connectivity index (χ1n) is 10.8. The van der Waals surface area contributed by atoms with Crippen LogP contribution in [0.5, 0.6) is 11.5 Å². The van der Waals surface area contributed by atoms with Crippen molar-refractivity contribution in [3.8, 4) is 11.5 Å². The quantitative estimate of drug-likeness (QED) is 0.653.